The highest BCUT2D eigenvalue weighted by Crippen LogP contribution is 2.36. The minimum absolute atomic E-state index is 0.300. The Labute approximate surface area is 136 Å². The standard InChI is InChI=1S/C20H13FN2O/c1-23-17-8-3-2-7-16(17)22-20(23)15-6-4-5-14-13-10-9-12(21)11-18(13)24-19(14)15/h2-11H,1H3. The second kappa shape index (κ2) is 4.68. The van der Waals surface area contributed by atoms with E-state index >= 15 is 0 Å². The predicted molar refractivity (Wildman–Crippen MR) is 93.4 cm³/mol. The topological polar surface area (TPSA) is 31.0 Å². The highest BCUT2D eigenvalue weighted by molar-refractivity contribution is 6.09. The number of benzene rings is 3. The van der Waals surface area contributed by atoms with Crippen LogP contribution in [0.25, 0.3) is 44.4 Å². The van der Waals surface area contributed by atoms with Crippen LogP contribution in [0.3, 0.4) is 0 Å². The molecule has 0 N–H and O–H groups in total. The van der Waals surface area contributed by atoms with Gasteiger partial charge in [-0.25, -0.2) is 9.37 Å². The highest BCUT2D eigenvalue weighted by Gasteiger charge is 2.16. The average Bonchev–Trinajstić information content (AvgIpc) is 3.12. The third-order valence-corrected chi connectivity index (χ3v) is 4.49. The summed E-state index contributed by atoms with van der Waals surface area (Å²) in [6.45, 7) is 0. The average molecular weight is 316 g/mol. The molecular formula is C20H13FN2O. The molecule has 2 heterocycles. The second-order valence-corrected chi connectivity index (χ2v) is 5.91. The number of hydrogen-bond acceptors (Lipinski definition) is 2. The summed E-state index contributed by atoms with van der Waals surface area (Å²) in [5.74, 6) is 0.534. The number of para-hydroxylation sites is 3. The molecule has 0 aliphatic carbocycles. The Hall–Kier alpha value is -3.14. The first kappa shape index (κ1) is 13.3. The van der Waals surface area contributed by atoms with Crippen molar-refractivity contribution >= 4 is 33.0 Å². The van der Waals surface area contributed by atoms with E-state index in [1.807, 2.05) is 49.5 Å². The molecule has 0 amide bonds. The molecule has 0 saturated carbocycles. The van der Waals surface area contributed by atoms with E-state index in [4.69, 9.17) is 9.40 Å². The van der Waals surface area contributed by atoms with E-state index in [1.54, 1.807) is 6.07 Å². The number of furan rings is 1. The fraction of sp³-hybridized carbons (Fsp3) is 0.0500. The summed E-state index contributed by atoms with van der Waals surface area (Å²) < 4.78 is 21.5. The zero-order chi connectivity index (χ0) is 16.3. The minimum atomic E-state index is -0.300. The van der Waals surface area contributed by atoms with Gasteiger partial charge in [0.2, 0.25) is 0 Å². The largest absolute Gasteiger partial charge is 0.455 e. The Morgan fingerprint density at radius 2 is 1.83 bits per heavy atom. The van der Waals surface area contributed by atoms with Crippen LogP contribution in [0.5, 0.6) is 0 Å². The quantitative estimate of drug-likeness (QED) is 0.421. The van der Waals surface area contributed by atoms with E-state index < -0.39 is 0 Å². The van der Waals surface area contributed by atoms with Crippen molar-refractivity contribution in [2.45, 2.75) is 0 Å². The highest BCUT2D eigenvalue weighted by atomic mass is 19.1. The Bertz CT molecular complexity index is 1230. The molecule has 24 heavy (non-hydrogen) atoms. The van der Waals surface area contributed by atoms with E-state index in [2.05, 4.69) is 4.57 Å². The number of rotatable bonds is 1. The lowest BCUT2D eigenvalue weighted by Crippen LogP contribution is -1.92. The summed E-state index contributed by atoms with van der Waals surface area (Å²) in [5, 5.41) is 1.88. The number of halogens is 1. The van der Waals surface area contributed by atoms with Crippen LogP contribution in [-0.4, -0.2) is 9.55 Å². The zero-order valence-corrected chi connectivity index (χ0v) is 13.0. The molecule has 0 fully saturated rings. The number of aromatic nitrogens is 2. The van der Waals surface area contributed by atoms with Crippen molar-refractivity contribution in [2.75, 3.05) is 0 Å². The van der Waals surface area contributed by atoms with Gasteiger partial charge in [0.1, 0.15) is 22.8 Å². The van der Waals surface area contributed by atoms with Gasteiger partial charge in [0.25, 0.3) is 0 Å². The third kappa shape index (κ3) is 1.74. The van der Waals surface area contributed by atoms with Gasteiger partial charge in [-0.15, -0.1) is 0 Å². The molecular weight excluding hydrogens is 303 g/mol. The maximum Gasteiger partial charge on any atom is 0.146 e. The molecule has 5 rings (SSSR count). The van der Waals surface area contributed by atoms with Gasteiger partial charge in [0, 0.05) is 23.9 Å². The normalized spacial score (nSPS) is 11.8. The van der Waals surface area contributed by atoms with E-state index in [0.29, 0.717) is 5.58 Å². The van der Waals surface area contributed by atoms with Gasteiger partial charge in [-0.3, -0.25) is 0 Å². The molecule has 4 heteroatoms. The maximum absolute atomic E-state index is 13.5. The van der Waals surface area contributed by atoms with Crippen molar-refractivity contribution in [3.63, 3.8) is 0 Å². The van der Waals surface area contributed by atoms with Crippen molar-refractivity contribution < 1.29 is 8.81 Å². The van der Waals surface area contributed by atoms with E-state index in [1.165, 1.54) is 12.1 Å². The number of fused-ring (bicyclic) bond motifs is 4. The Balaban J connectivity index is 1.88. The first-order chi connectivity index (χ1) is 11.7. The second-order valence-electron chi connectivity index (χ2n) is 5.91. The summed E-state index contributed by atoms with van der Waals surface area (Å²) >= 11 is 0. The van der Waals surface area contributed by atoms with Crippen LogP contribution in [0.15, 0.2) is 65.1 Å². The molecule has 3 nitrogen and oxygen atoms in total. The van der Waals surface area contributed by atoms with Crippen molar-refractivity contribution in [2.24, 2.45) is 7.05 Å². The summed E-state index contributed by atoms with van der Waals surface area (Å²) in [7, 11) is 1.99. The molecule has 0 saturated heterocycles. The van der Waals surface area contributed by atoms with Crippen molar-refractivity contribution in [3.8, 4) is 11.4 Å². The number of aryl methyl sites for hydroxylation is 1. The van der Waals surface area contributed by atoms with Crippen molar-refractivity contribution in [3.05, 3.63) is 66.5 Å². The molecule has 0 atom stereocenters. The molecule has 3 aromatic carbocycles. The smallest absolute Gasteiger partial charge is 0.146 e. The molecule has 0 aliphatic heterocycles. The van der Waals surface area contributed by atoms with E-state index in [9.17, 15) is 4.39 Å². The molecule has 0 bridgehead atoms. The van der Waals surface area contributed by atoms with Gasteiger partial charge in [-0.1, -0.05) is 24.3 Å². The fourth-order valence-electron chi connectivity index (χ4n) is 3.33. The molecule has 116 valence electrons. The van der Waals surface area contributed by atoms with Gasteiger partial charge in [0.15, 0.2) is 0 Å². The first-order valence-electron chi connectivity index (χ1n) is 7.75. The van der Waals surface area contributed by atoms with Crippen LogP contribution in [0.1, 0.15) is 0 Å². The monoisotopic (exact) mass is 316 g/mol. The molecule has 0 radical (unpaired) electrons. The van der Waals surface area contributed by atoms with Crippen LogP contribution >= 0.6 is 0 Å². The van der Waals surface area contributed by atoms with Gasteiger partial charge in [0.05, 0.1) is 16.6 Å². The first-order valence-corrected chi connectivity index (χ1v) is 7.75. The van der Waals surface area contributed by atoms with Gasteiger partial charge in [-0.05, 0) is 30.3 Å². The molecule has 0 spiro atoms. The van der Waals surface area contributed by atoms with Gasteiger partial charge in [-0.2, -0.15) is 0 Å². The van der Waals surface area contributed by atoms with Gasteiger partial charge < -0.3 is 8.98 Å². The van der Waals surface area contributed by atoms with Gasteiger partial charge >= 0.3 is 0 Å². The molecule has 2 aromatic heterocycles. The summed E-state index contributed by atoms with van der Waals surface area (Å²) in [6.07, 6.45) is 0. The van der Waals surface area contributed by atoms with Crippen LogP contribution in [0.2, 0.25) is 0 Å². The summed E-state index contributed by atoms with van der Waals surface area (Å²) in [4.78, 5) is 4.75. The van der Waals surface area contributed by atoms with Crippen LogP contribution in [0, 0.1) is 5.82 Å². The Morgan fingerprint density at radius 3 is 2.71 bits per heavy atom. The SMILES string of the molecule is Cn1c(-c2cccc3c2oc2cc(F)ccc23)nc2ccccc21. The Morgan fingerprint density at radius 1 is 0.958 bits per heavy atom. The van der Waals surface area contributed by atoms with Crippen molar-refractivity contribution in [1.29, 1.82) is 0 Å². The predicted octanol–water partition coefficient (Wildman–Crippen LogP) is 5.28. The fourth-order valence-corrected chi connectivity index (χ4v) is 3.33. The minimum Gasteiger partial charge on any atom is -0.455 e. The number of nitrogens with zero attached hydrogens (tertiary/aromatic N) is 2. The summed E-state index contributed by atoms with van der Waals surface area (Å²) in [5.41, 5.74) is 4.19. The van der Waals surface area contributed by atoms with Crippen LogP contribution < -0.4 is 0 Å². The van der Waals surface area contributed by atoms with E-state index in [0.717, 1.165) is 38.8 Å². The van der Waals surface area contributed by atoms with Crippen LogP contribution in [0.4, 0.5) is 4.39 Å². The lowest BCUT2D eigenvalue weighted by Gasteiger charge is -2.03. The van der Waals surface area contributed by atoms with E-state index in [-0.39, 0.29) is 5.82 Å². The lowest BCUT2D eigenvalue weighted by molar-refractivity contribution is 0.618. The maximum atomic E-state index is 13.5. The zero-order valence-electron chi connectivity index (χ0n) is 13.0. The number of hydrogen-bond donors (Lipinski definition) is 0. The molecule has 0 aliphatic rings. The third-order valence-electron chi connectivity index (χ3n) is 4.49. The van der Waals surface area contributed by atoms with Crippen LogP contribution in [-0.2, 0) is 7.05 Å². The van der Waals surface area contributed by atoms with Crippen molar-refractivity contribution in [1.82, 2.24) is 9.55 Å². The lowest BCUT2D eigenvalue weighted by atomic mass is 10.1. The molecule has 5 aromatic rings. The number of imidazole rings is 1. The Kier molecular flexibility index (Phi) is 2.59. The molecule has 0 unspecified atom stereocenters. The summed E-state index contributed by atoms with van der Waals surface area (Å²) in [6, 6.07) is 18.6.